The second-order valence-electron chi connectivity index (χ2n) is 7.20. The summed E-state index contributed by atoms with van der Waals surface area (Å²) in [6.07, 6.45) is 1.69. The molecule has 0 fully saturated rings. The third kappa shape index (κ3) is 3.51. The number of ether oxygens (including phenoxy) is 3. The summed E-state index contributed by atoms with van der Waals surface area (Å²) in [7, 11) is 4.57. The van der Waals surface area contributed by atoms with Crippen LogP contribution in [-0.2, 0) is 16.0 Å². The standard InChI is InChI=1S/C23H20N6O4/c1-31-16-8-4-14(5-9-16)18-13-24-29-22(18)26-25-21-19(12-20(30)33-3)27-28(23(21)29)15-6-10-17(32-2)11-7-15/h4-11,13H,12H2,1-3H3. The Labute approximate surface area is 188 Å². The maximum atomic E-state index is 12.0. The lowest BCUT2D eigenvalue weighted by Gasteiger charge is -2.06. The van der Waals surface area contributed by atoms with E-state index in [1.807, 2.05) is 48.5 Å². The molecule has 0 aliphatic carbocycles. The Hall–Kier alpha value is -4.47. The number of carbonyl (C=O) groups is 1. The van der Waals surface area contributed by atoms with E-state index in [0.717, 1.165) is 28.3 Å². The quantitative estimate of drug-likeness (QED) is 0.368. The van der Waals surface area contributed by atoms with Gasteiger partial charge in [-0.25, -0.2) is 4.68 Å². The van der Waals surface area contributed by atoms with Crippen LogP contribution >= 0.6 is 0 Å². The minimum atomic E-state index is -0.419. The molecule has 5 aromatic rings. The SMILES string of the molecule is COC(=O)Cc1nn(-c2ccc(OC)cc2)c2c1nnc1c(-c3ccc(OC)cc3)cnn12. The summed E-state index contributed by atoms with van der Waals surface area (Å²) < 4.78 is 18.7. The van der Waals surface area contributed by atoms with Crippen LogP contribution in [0.2, 0.25) is 0 Å². The lowest BCUT2D eigenvalue weighted by Crippen LogP contribution is -2.06. The average Bonchev–Trinajstić information content (AvgIpc) is 3.46. The molecular formula is C23H20N6O4. The molecule has 0 bridgehead atoms. The molecule has 33 heavy (non-hydrogen) atoms. The summed E-state index contributed by atoms with van der Waals surface area (Å²) in [6, 6.07) is 15.0. The van der Waals surface area contributed by atoms with Crippen molar-refractivity contribution >= 4 is 22.8 Å². The zero-order chi connectivity index (χ0) is 22.9. The lowest BCUT2D eigenvalue weighted by atomic mass is 10.1. The van der Waals surface area contributed by atoms with E-state index in [1.165, 1.54) is 7.11 Å². The summed E-state index contributed by atoms with van der Waals surface area (Å²) in [5.74, 6) is 1.06. The predicted molar refractivity (Wildman–Crippen MR) is 120 cm³/mol. The van der Waals surface area contributed by atoms with Crippen molar-refractivity contribution < 1.29 is 19.0 Å². The van der Waals surface area contributed by atoms with Crippen molar-refractivity contribution in [3.05, 3.63) is 60.4 Å². The second kappa shape index (κ2) is 8.23. The Morgan fingerprint density at radius 3 is 2.21 bits per heavy atom. The number of hydrogen-bond acceptors (Lipinski definition) is 8. The van der Waals surface area contributed by atoms with Crippen molar-refractivity contribution in [3.63, 3.8) is 0 Å². The van der Waals surface area contributed by atoms with Crippen LogP contribution in [0.1, 0.15) is 5.69 Å². The summed E-state index contributed by atoms with van der Waals surface area (Å²) >= 11 is 0. The molecule has 10 nitrogen and oxygen atoms in total. The van der Waals surface area contributed by atoms with Crippen LogP contribution < -0.4 is 9.47 Å². The van der Waals surface area contributed by atoms with Gasteiger partial charge in [0.05, 0.1) is 39.6 Å². The lowest BCUT2D eigenvalue weighted by molar-refractivity contribution is -0.139. The number of rotatable bonds is 6. The predicted octanol–water partition coefficient (Wildman–Crippen LogP) is 2.86. The Kier molecular flexibility index (Phi) is 5.09. The van der Waals surface area contributed by atoms with Gasteiger partial charge in [0.1, 0.15) is 17.2 Å². The van der Waals surface area contributed by atoms with Crippen molar-refractivity contribution in [2.24, 2.45) is 0 Å². The number of fused-ring (bicyclic) bond motifs is 3. The Morgan fingerprint density at radius 1 is 0.909 bits per heavy atom. The van der Waals surface area contributed by atoms with E-state index in [1.54, 1.807) is 29.6 Å². The van der Waals surface area contributed by atoms with E-state index in [2.05, 4.69) is 20.4 Å². The fourth-order valence-electron chi connectivity index (χ4n) is 3.63. The molecule has 0 aliphatic heterocycles. The van der Waals surface area contributed by atoms with Gasteiger partial charge in [-0.15, -0.1) is 10.2 Å². The van der Waals surface area contributed by atoms with Crippen LogP contribution in [0.15, 0.2) is 54.7 Å². The van der Waals surface area contributed by atoms with Crippen molar-refractivity contribution in [1.82, 2.24) is 29.6 Å². The van der Waals surface area contributed by atoms with E-state index in [4.69, 9.17) is 14.2 Å². The highest BCUT2D eigenvalue weighted by molar-refractivity contribution is 5.86. The molecule has 0 aliphatic rings. The topological polar surface area (TPSA) is 106 Å². The molecule has 5 rings (SSSR count). The first-order valence-electron chi connectivity index (χ1n) is 10.1. The van der Waals surface area contributed by atoms with Crippen LogP contribution in [0.25, 0.3) is 33.6 Å². The van der Waals surface area contributed by atoms with Gasteiger partial charge in [0.25, 0.3) is 0 Å². The van der Waals surface area contributed by atoms with Crippen LogP contribution in [0.5, 0.6) is 11.5 Å². The fourth-order valence-corrected chi connectivity index (χ4v) is 3.63. The zero-order valence-corrected chi connectivity index (χ0v) is 18.2. The molecule has 3 heterocycles. The minimum Gasteiger partial charge on any atom is -0.497 e. The normalized spacial score (nSPS) is 11.1. The molecule has 10 heteroatoms. The van der Waals surface area contributed by atoms with Gasteiger partial charge in [0.2, 0.25) is 0 Å². The summed E-state index contributed by atoms with van der Waals surface area (Å²) in [6.45, 7) is 0. The van der Waals surface area contributed by atoms with Crippen molar-refractivity contribution in [2.75, 3.05) is 21.3 Å². The Bertz CT molecular complexity index is 1450. The molecule has 2 aromatic carbocycles. The molecule has 166 valence electrons. The first kappa shape index (κ1) is 20.4. The van der Waals surface area contributed by atoms with Gasteiger partial charge in [-0.1, -0.05) is 12.1 Å². The van der Waals surface area contributed by atoms with Crippen LogP contribution in [0, 0.1) is 0 Å². The van der Waals surface area contributed by atoms with E-state index in [9.17, 15) is 4.79 Å². The van der Waals surface area contributed by atoms with Gasteiger partial charge >= 0.3 is 5.97 Å². The number of nitrogens with zero attached hydrogens (tertiary/aromatic N) is 6. The van der Waals surface area contributed by atoms with Crippen LogP contribution in [0.3, 0.4) is 0 Å². The highest BCUT2D eigenvalue weighted by Crippen LogP contribution is 2.29. The summed E-state index contributed by atoms with van der Waals surface area (Å²) in [5.41, 5.74) is 4.55. The molecule has 0 spiro atoms. The number of benzene rings is 2. The largest absolute Gasteiger partial charge is 0.497 e. The number of methoxy groups -OCH3 is 3. The minimum absolute atomic E-state index is 0.0387. The van der Waals surface area contributed by atoms with E-state index >= 15 is 0 Å². The molecule has 0 saturated heterocycles. The number of carbonyl (C=O) groups excluding carboxylic acids is 1. The summed E-state index contributed by atoms with van der Waals surface area (Å²) in [5, 5.41) is 18.1. The van der Waals surface area contributed by atoms with Gasteiger partial charge in [-0.2, -0.15) is 14.7 Å². The molecular weight excluding hydrogens is 424 g/mol. The van der Waals surface area contributed by atoms with E-state index in [0.29, 0.717) is 22.5 Å². The van der Waals surface area contributed by atoms with Crippen molar-refractivity contribution in [2.45, 2.75) is 6.42 Å². The molecule has 0 saturated carbocycles. The number of aromatic nitrogens is 6. The maximum absolute atomic E-state index is 12.0. The van der Waals surface area contributed by atoms with E-state index in [-0.39, 0.29) is 6.42 Å². The molecule has 0 radical (unpaired) electrons. The Morgan fingerprint density at radius 2 is 1.58 bits per heavy atom. The van der Waals surface area contributed by atoms with Gasteiger partial charge in [-0.05, 0) is 42.0 Å². The second-order valence-corrected chi connectivity index (χ2v) is 7.20. The van der Waals surface area contributed by atoms with Gasteiger partial charge in [-0.3, -0.25) is 4.79 Å². The third-order valence-corrected chi connectivity index (χ3v) is 5.35. The average molecular weight is 444 g/mol. The van der Waals surface area contributed by atoms with Crippen LogP contribution in [-0.4, -0.2) is 56.9 Å². The zero-order valence-electron chi connectivity index (χ0n) is 18.2. The van der Waals surface area contributed by atoms with Gasteiger partial charge < -0.3 is 14.2 Å². The fraction of sp³-hybridized carbons (Fsp3) is 0.174. The highest BCUT2D eigenvalue weighted by atomic mass is 16.5. The third-order valence-electron chi connectivity index (χ3n) is 5.35. The van der Waals surface area contributed by atoms with Crippen molar-refractivity contribution in [3.8, 4) is 28.3 Å². The first-order chi connectivity index (χ1) is 16.1. The number of hydrogen-bond donors (Lipinski definition) is 0. The monoisotopic (exact) mass is 444 g/mol. The molecule has 3 aromatic heterocycles. The summed E-state index contributed by atoms with van der Waals surface area (Å²) in [4.78, 5) is 12.0. The molecule has 0 unspecified atom stereocenters. The smallest absolute Gasteiger partial charge is 0.311 e. The van der Waals surface area contributed by atoms with Crippen molar-refractivity contribution in [1.29, 1.82) is 0 Å². The molecule has 0 atom stereocenters. The van der Waals surface area contributed by atoms with Gasteiger partial charge in [0, 0.05) is 5.56 Å². The molecule has 0 N–H and O–H groups in total. The highest BCUT2D eigenvalue weighted by Gasteiger charge is 2.22. The Balaban J connectivity index is 1.73. The van der Waals surface area contributed by atoms with Gasteiger partial charge in [0.15, 0.2) is 16.8 Å². The first-order valence-corrected chi connectivity index (χ1v) is 10.1. The van der Waals surface area contributed by atoms with E-state index < -0.39 is 5.97 Å². The molecule has 0 amide bonds. The maximum Gasteiger partial charge on any atom is 0.311 e. The van der Waals surface area contributed by atoms with Crippen LogP contribution in [0.4, 0.5) is 0 Å². The number of esters is 1.